The van der Waals surface area contributed by atoms with Crippen LogP contribution in [0, 0.1) is 0 Å². The largest absolute Gasteiger partial charge is 0.462 e. The molecular formula is C22H20ClNO4S. The molecule has 0 unspecified atom stereocenters. The molecule has 0 aliphatic heterocycles. The lowest BCUT2D eigenvalue weighted by Gasteiger charge is -2.12. The number of nitrogens with one attached hydrogen (secondary N) is 1. The van der Waals surface area contributed by atoms with Gasteiger partial charge in [0.25, 0.3) is 5.91 Å². The normalized spacial score (nSPS) is 13.0. The first kappa shape index (κ1) is 19.7. The van der Waals surface area contributed by atoms with Gasteiger partial charge >= 0.3 is 5.97 Å². The Morgan fingerprint density at radius 1 is 1.21 bits per heavy atom. The Bertz CT molecular complexity index is 1070. The molecule has 7 heteroatoms. The molecule has 0 saturated carbocycles. The maximum absolute atomic E-state index is 12.8. The van der Waals surface area contributed by atoms with E-state index in [0.29, 0.717) is 21.3 Å². The quantitative estimate of drug-likeness (QED) is 0.507. The van der Waals surface area contributed by atoms with E-state index < -0.39 is 5.91 Å². The summed E-state index contributed by atoms with van der Waals surface area (Å²) in [6.07, 6.45) is 3.87. The number of hydrogen-bond donors (Lipinski definition) is 1. The van der Waals surface area contributed by atoms with Crippen molar-refractivity contribution in [1.29, 1.82) is 0 Å². The fourth-order valence-electron chi connectivity index (χ4n) is 3.49. The SMILES string of the molecule is CCOC(=O)c1c(NC(=O)c2ccc(-c3cccc(Cl)c3)o2)sc2c1CCCC2. The first-order valence-electron chi connectivity index (χ1n) is 9.55. The minimum Gasteiger partial charge on any atom is -0.462 e. The standard InChI is InChI=1S/C22H20ClNO4S/c1-2-27-22(26)19-15-8-3-4-9-18(15)29-21(19)24-20(25)17-11-10-16(28-17)13-6-5-7-14(23)12-13/h5-7,10-12H,2-4,8-9H2,1H3,(H,24,25). The zero-order valence-electron chi connectivity index (χ0n) is 15.9. The molecular weight excluding hydrogens is 410 g/mol. The number of rotatable bonds is 5. The number of aryl methyl sites for hydroxylation is 1. The Balaban J connectivity index is 1.60. The van der Waals surface area contributed by atoms with Crippen LogP contribution in [0.1, 0.15) is 51.1 Å². The van der Waals surface area contributed by atoms with Crippen LogP contribution in [0.4, 0.5) is 5.00 Å². The van der Waals surface area contributed by atoms with E-state index in [-0.39, 0.29) is 18.3 Å². The second-order valence-corrected chi connectivity index (χ2v) is 8.31. The van der Waals surface area contributed by atoms with Gasteiger partial charge in [0.2, 0.25) is 0 Å². The maximum atomic E-state index is 12.8. The first-order chi connectivity index (χ1) is 14.1. The van der Waals surface area contributed by atoms with Gasteiger partial charge in [-0.2, -0.15) is 0 Å². The van der Waals surface area contributed by atoms with E-state index >= 15 is 0 Å². The van der Waals surface area contributed by atoms with Crippen molar-refractivity contribution in [3.8, 4) is 11.3 Å². The van der Waals surface area contributed by atoms with E-state index in [9.17, 15) is 9.59 Å². The average Bonchev–Trinajstić information content (AvgIpc) is 3.33. The van der Waals surface area contributed by atoms with E-state index in [1.807, 2.05) is 12.1 Å². The maximum Gasteiger partial charge on any atom is 0.341 e. The van der Waals surface area contributed by atoms with Crippen LogP contribution in [-0.4, -0.2) is 18.5 Å². The monoisotopic (exact) mass is 429 g/mol. The number of fused-ring (bicyclic) bond motifs is 1. The number of halogens is 1. The third-order valence-electron chi connectivity index (χ3n) is 4.82. The lowest BCUT2D eigenvalue weighted by Crippen LogP contribution is -2.15. The highest BCUT2D eigenvalue weighted by Crippen LogP contribution is 2.39. The zero-order valence-corrected chi connectivity index (χ0v) is 17.5. The van der Waals surface area contributed by atoms with Crippen LogP contribution in [0.5, 0.6) is 0 Å². The molecule has 0 fully saturated rings. The molecule has 29 heavy (non-hydrogen) atoms. The number of hydrogen-bond acceptors (Lipinski definition) is 5. The predicted octanol–water partition coefficient (Wildman–Crippen LogP) is 5.97. The zero-order chi connectivity index (χ0) is 20.4. The van der Waals surface area contributed by atoms with E-state index in [1.165, 1.54) is 11.3 Å². The lowest BCUT2D eigenvalue weighted by molar-refractivity contribution is 0.0526. The lowest BCUT2D eigenvalue weighted by atomic mass is 9.95. The molecule has 0 radical (unpaired) electrons. The summed E-state index contributed by atoms with van der Waals surface area (Å²) in [6.45, 7) is 2.06. The fraction of sp³-hybridized carbons (Fsp3) is 0.273. The molecule has 2 heterocycles. The van der Waals surface area contributed by atoms with Crippen molar-refractivity contribution in [1.82, 2.24) is 0 Å². The van der Waals surface area contributed by atoms with Gasteiger partial charge in [0, 0.05) is 15.5 Å². The minimum atomic E-state index is -0.401. The van der Waals surface area contributed by atoms with Crippen molar-refractivity contribution in [3.05, 3.63) is 63.2 Å². The van der Waals surface area contributed by atoms with Gasteiger partial charge in [-0.3, -0.25) is 4.79 Å². The highest BCUT2D eigenvalue weighted by Gasteiger charge is 2.28. The van der Waals surface area contributed by atoms with Crippen LogP contribution in [0.3, 0.4) is 0 Å². The molecule has 1 amide bonds. The molecule has 1 aliphatic rings. The van der Waals surface area contributed by atoms with Crippen molar-refractivity contribution in [2.24, 2.45) is 0 Å². The number of benzene rings is 1. The second kappa shape index (κ2) is 8.43. The summed E-state index contributed by atoms with van der Waals surface area (Å²) >= 11 is 7.48. The van der Waals surface area contributed by atoms with Gasteiger partial charge in [0.05, 0.1) is 12.2 Å². The number of carbonyl (C=O) groups excluding carboxylic acids is 2. The second-order valence-electron chi connectivity index (χ2n) is 6.76. The fourth-order valence-corrected chi connectivity index (χ4v) is 4.96. The average molecular weight is 430 g/mol. The molecule has 0 spiro atoms. The Labute approximate surface area is 177 Å². The Morgan fingerprint density at radius 3 is 2.83 bits per heavy atom. The molecule has 5 nitrogen and oxygen atoms in total. The summed E-state index contributed by atoms with van der Waals surface area (Å²) in [7, 11) is 0. The number of carbonyl (C=O) groups is 2. The van der Waals surface area contributed by atoms with Crippen LogP contribution in [0.15, 0.2) is 40.8 Å². The summed E-state index contributed by atoms with van der Waals surface area (Å²) in [5.41, 5.74) is 2.28. The van der Waals surface area contributed by atoms with Crippen molar-refractivity contribution in [3.63, 3.8) is 0 Å². The van der Waals surface area contributed by atoms with Crippen molar-refractivity contribution >= 4 is 39.8 Å². The number of amides is 1. The van der Waals surface area contributed by atoms with Gasteiger partial charge in [-0.05, 0) is 62.4 Å². The number of anilines is 1. The molecule has 0 atom stereocenters. The Kier molecular flexibility index (Phi) is 5.74. The molecule has 4 rings (SSSR count). The van der Waals surface area contributed by atoms with Crippen LogP contribution >= 0.6 is 22.9 Å². The summed E-state index contributed by atoms with van der Waals surface area (Å²) in [4.78, 5) is 26.5. The molecule has 2 aromatic heterocycles. The van der Waals surface area contributed by atoms with E-state index in [0.717, 1.165) is 41.7 Å². The van der Waals surface area contributed by atoms with Crippen LogP contribution in [-0.2, 0) is 17.6 Å². The number of thiophene rings is 1. The van der Waals surface area contributed by atoms with Crippen molar-refractivity contribution in [2.75, 3.05) is 11.9 Å². The van der Waals surface area contributed by atoms with Gasteiger partial charge in [0.15, 0.2) is 5.76 Å². The third kappa shape index (κ3) is 4.09. The molecule has 1 aromatic carbocycles. The van der Waals surface area contributed by atoms with Gasteiger partial charge < -0.3 is 14.5 Å². The molecule has 3 aromatic rings. The molecule has 1 aliphatic carbocycles. The summed E-state index contributed by atoms with van der Waals surface area (Å²) in [5.74, 6) is -0.0708. The van der Waals surface area contributed by atoms with Crippen LogP contribution < -0.4 is 5.32 Å². The third-order valence-corrected chi connectivity index (χ3v) is 6.26. The Hall–Kier alpha value is -2.57. The van der Waals surface area contributed by atoms with Crippen molar-refractivity contribution < 1.29 is 18.7 Å². The highest BCUT2D eigenvalue weighted by molar-refractivity contribution is 7.17. The minimum absolute atomic E-state index is 0.168. The van der Waals surface area contributed by atoms with E-state index in [1.54, 1.807) is 31.2 Å². The summed E-state index contributed by atoms with van der Waals surface area (Å²) in [6, 6.07) is 10.6. The molecule has 0 saturated heterocycles. The Morgan fingerprint density at radius 2 is 2.03 bits per heavy atom. The van der Waals surface area contributed by atoms with Gasteiger partial charge in [-0.1, -0.05) is 23.7 Å². The first-order valence-corrected chi connectivity index (χ1v) is 10.7. The van der Waals surface area contributed by atoms with Gasteiger partial charge in [-0.15, -0.1) is 11.3 Å². The number of furan rings is 1. The van der Waals surface area contributed by atoms with Gasteiger partial charge in [-0.25, -0.2) is 4.79 Å². The summed E-state index contributed by atoms with van der Waals surface area (Å²) < 4.78 is 11.0. The predicted molar refractivity (Wildman–Crippen MR) is 114 cm³/mol. The molecule has 1 N–H and O–H groups in total. The van der Waals surface area contributed by atoms with E-state index in [4.69, 9.17) is 20.8 Å². The van der Waals surface area contributed by atoms with Crippen molar-refractivity contribution in [2.45, 2.75) is 32.6 Å². The van der Waals surface area contributed by atoms with Gasteiger partial charge in [0.1, 0.15) is 10.8 Å². The highest BCUT2D eigenvalue weighted by atomic mass is 35.5. The molecule has 150 valence electrons. The van der Waals surface area contributed by atoms with E-state index in [2.05, 4.69) is 5.32 Å². The molecule has 0 bridgehead atoms. The summed E-state index contributed by atoms with van der Waals surface area (Å²) in [5, 5.41) is 3.98. The smallest absolute Gasteiger partial charge is 0.341 e. The van der Waals surface area contributed by atoms with Crippen LogP contribution in [0.2, 0.25) is 5.02 Å². The topological polar surface area (TPSA) is 68.5 Å². The number of ether oxygens (including phenoxy) is 1. The number of esters is 1. The van der Waals surface area contributed by atoms with Crippen LogP contribution in [0.25, 0.3) is 11.3 Å².